The quantitative estimate of drug-likeness (QED) is 0.395. The molecule has 2 saturated carbocycles. The number of nitrogens with one attached hydrogen (secondary N) is 5. The Morgan fingerprint density at radius 3 is 2.71 bits per heavy atom. The summed E-state index contributed by atoms with van der Waals surface area (Å²) in [4.78, 5) is 13.1. The Kier molecular flexibility index (Phi) is 8.44. The highest BCUT2D eigenvalue weighted by atomic mass is 16.5. The van der Waals surface area contributed by atoms with Crippen molar-refractivity contribution in [1.29, 1.82) is 0 Å². The largest absolute Gasteiger partial charge is 0.379 e. The van der Waals surface area contributed by atoms with Gasteiger partial charge in [-0.3, -0.25) is 20.7 Å². The highest BCUT2D eigenvalue weighted by Crippen LogP contribution is 2.39. The molecule has 10 atom stereocenters. The normalized spacial score (nSPS) is 45.5. The first-order chi connectivity index (χ1) is 16.6. The number of carbonyl (C=O) groups is 1. The molecule has 194 valence electrons. The van der Waals surface area contributed by atoms with Gasteiger partial charge in [-0.1, -0.05) is 13.3 Å². The van der Waals surface area contributed by atoms with Crippen LogP contribution in [0.2, 0.25) is 0 Å². The van der Waals surface area contributed by atoms with E-state index in [9.17, 15) is 4.79 Å². The van der Waals surface area contributed by atoms with Crippen LogP contribution in [0.1, 0.15) is 71.1 Å². The van der Waals surface area contributed by atoms with Crippen molar-refractivity contribution in [3.8, 4) is 0 Å². The van der Waals surface area contributed by atoms with Gasteiger partial charge in [0.05, 0.1) is 12.2 Å². The van der Waals surface area contributed by atoms with E-state index in [0.29, 0.717) is 23.9 Å². The molecule has 0 radical (unpaired) electrons. The van der Waals surface area contributed by atoms with Gasteiger partial charge in [-0.2, -0.15) is 0 Å². The van der Waals surface area contributed by atoms with E-state index in [1.165, 1.54) is 25.7 Å². The summed E-state index contributed by atoms with van der Waals surface area (Å²) in [6.07, 6.45) is 11.2. The molecule has 5 fully saturated rings. The average molecular weight is 478 g/mol. The van der Waals surface area contributed by atoms with E-state index in [4.69, 9.17) is 9.47 Å². The Morgan fingerprint density at radius 2 is 1.88 bits per heavy atom. The van der Waals surface area contributed by atoms with Gasteiger partial charge in [0.15, 0.2) is 0 Å². The Morgan fingerprint density at radius 1 is 1.00 bits per heavy atom. The molecule has 5 aliphatic rings. The predicted molar refractivity (Wildman–Crippen MR) is 132 cm³/mol. The maximum absolute atomic E-state index is 13.1. The molecule has 3 heterocycles. The first-order valence-corrected chi connectivity index (χ1v) is 14.1. The van der Waals surface area contributed by atoms with Gasteiger partial charge < -0.3 is 20.1 Å². The molecule has 2 aliphatic carbocycles. The molecule has 10 unspecified atom stereocenters. The highest BCUT2D eigenvalue weighted by Gasteiger charge is 2.45. The maximum atomic E-state index is 13.1. The fourth-order valence-electron chi connectivity index (χ4n) is 7.24. The first-order valence-electron chi connectivity index (χ1n) is 14.1. The Balaban J connectivity index is 1.11. The zero-order chi connectivity index (χ0) is 23.5. The van der Waals surface area contributed by atoms with Crippen LogP contribution in [0.25, 0.3) is 0 Å². The number of fused-ring (bicyclic) bond motifs is 1. The molecule has 0 aromatic carbocycles. The van der Waals surface area contributed by atoms with E-state index in [1.54, 1.807) is 7.11 Å². The van der Waals surface area contributed by atoms with Crippen LogP contribution in [0, 0.1) is 17.8 Å². The fraction of sp³-hybridized carbons (Fsp3) is 0.962. The van der Waals surface area contributed by atoms with Gasteiger partial charge in [-0.25, -0.2) is 0 Å². The summed E-state index contributed by atoms with van der Waals surface area (Å²) in [5, 5.41) is 18.3. The number of amides is 1. The minimum absolute atomic E-state index is 0.0846. The topological polar surface area (TPSA) is 95.7 Å². The SMILES string of the molecule is COC1CCCC2CC(C(=O)NC3CCC(C)C(NC4NCCC(C5CCCNC5)N4)C3)OC21. The van der Waals surface area contributed by atoms with Gasteiger partial charge in [-0.05, 0) is 95.2 Å². The lowest BCUT2D eigenvalue weighted by molar-refractivity contribution is -0.138. The smallest absolute Gasteiger partial charge is 0.249 e. The number of ether oxygens (including phenoxy) is 2. The zero-order valence-corrected chi connectivity index (χ0v) is 21.2. The number of piperidine rings is 1. The summed E-state index contributed by atoms with van der Waals surface area (Å²) >= 11 is 0. The number of hydrogen-bond acceptors (Lipinski definition) is 7. The molecule has 0 spiro atoms. The third-order valence-electron chi connectivity index (χ3n) is 9.34. The number of carbonyl (C=O) groups excluding carboxylic acids is 1. The molecule has 5 rings (SSSR count). The van der Waals surface area contributed by atoms with E-state index < -0.39 is 0 Å². The molecule has 5 N–H and O–H groups in total. The summed E-state index contributed by atoms with van der Waals surface area (Å²) in [6.45, 7) is 5.69. The lowest BCUT2D eigenvalue weighted by Crippen LogP contribution is -2.66. The summed E-state index contributed by atoms with van der Waals surface area (Å²) in [5.41, 5.74) is 0. The summed E-state index contributed by atoms with van der Waals surface area (Å²) in [6, 6.07) is 1.17. The summed E-state index contributed by atoms with van der Waals surface area (Å²) < 4.78 is 11.9. The number of methoxy groups -OCH3 is 1. The average Bonchev–Trinajstić information content (AvgIpc) is 3.32. The van der Waals surface area contributed by atoms with Crippen molar-refractivity contribution in [3.05, 3.63) is 0 Å². The van der Waals surface area contributed by atoms with Crippen LogP contribution in [0.4, 0.5) is 0 Å². The molecule has 0 aromatic rings. The minimum atomic E-state index is -0.317. The van der Waals surface area contributed by atoms with Gasteiger partial charge >= 0.3 is 0 Å². The van der Waals surface area contributed by atoms with Crippen LogP contribution in [-0.2, 0) is 14.3 Å². The van der Waals surface area contributed by atoms with Gasteiger partial charge in [0.25, 0.3) is 0 Å². The van der Waals surface area contributed by atoms with Crippen molar-refractivity contribution in [1.82, 2.24) is 26.6 Å². The molecule has 0 aromatic heterocycles. The predicted octanol–water partition coefficient (Wildman–Crippen LogP) is 1.46. The monoisotopic (exact) mass is 477 g/mol. The van der Waals surface area contributed by atoms with Crippen LogP contribution in [0.15, 0.2) is 0 Å². The van der Waals surface area contributed by atoms with Crippen LogP contribution < -0.4 is 26.6 Å². The lowest BCUT2D eigenvalue weighted by Gasteiger charge is -2.42. The van der Waals surface area contributed by atoms with Gasteiger partial charge in [0, 0.05) is 25.2 Å². The van der Waals surface area contributed by atoms with E-state index in [0.717, 1.165) is 64.1 Å². The molecule has 3 saturated heterocycles. The van der Waals surface area contributed by atoms with Crippen molar-refractivity contribution in [2.75, 3.05) is 26.7 Å². The van der Waals surface area contributed by atoms with E-state index in [1.807, 2.05) is 0 Å². The Labute approximate surface area is 205 Å². The van der Waals surface area contributed by atoms with Crippen LogP contribution >= 0.6 is 0 Å². The van der Waals surface area contributed by atoms with Crippen molar-refractivity contribution >= 4 is 5.91 Å². The summed E-state index contributed by atoms with van der Waals surface area (Å²) in [5.74, 6) is 1.87. The Bertz CT molecular complexity index is 675. The van der Waals surface area contributed by atoms with Crippen LogP contribution in [-0.4, -0.2) is 75.4 Å². The van der Waals surface area contributed by atoms with E-state index in [-0.39, 0.29) is 36.6 Å². The maximum Gasteiger partial charge on any atom is 0.249 e. The highest BCUT2D eigenvalue weighted by molar-refractivity contribution is 5.81. The third-order valence-corrected chi connectivity index (χ3v) is 9.34. The number of rotatable bonds is 6. The van der Waals surface area contributed by atoms with Crippen LogP contribution in [0.3, 0.4) is 0 Å². The van der Waals surface area contributed by atoms with Crippen molar-refractivity contribution < 1.29 is 14.3 Å². The molecule has 1 amide bonds. The second-order valence-corrected chi connectivity index (χ2v) is 11.6. The second kappa shape index (κ2) is 11.5. The van der Waals surface area contributed by atoms with Crippen LogP contribution in [0.5, 0.6) is 0 Å². The van der Waals surface area contributed by atoms with E-state index >= 15 is 0 Å². The molecule has 8 nitrogen and oxygen atoms in total. The fourth-order valence-corrected chi connectivity index (χ4v) is 7.24. The Hall–Kier alpha value is -0.770. The first kappa shape index (κ1) is 24.9. The number of hydrogen-bond donors (Lipinski definition) is 5. The molecule has 34 heavy (non-hydrogen) atoms. The van der Waals surface area contributed by atoms with Gasteiger partial charge in [-0.15, -0.1) is 0 Å². The van der Waals surface area contributed by atoms with Crippen molar-refractivity contribution in [2.24, 2.45) is 17.8 Å². The van der Waals surface area contributed by atoms with Crippen molar-refractivity contribution in [3.63, 3.8) is 0 Å². The standard InChI is InChI=1S/C26H47N5O3/c1-16-8-9-19(29-25(32)23-13-17-5-3-7-22(33-2)24(17)34-23)14-21(16)31-26-28-12-10-20(30-26)18-6-4-11-27-15-18/h16-24,26-28,30-31H,3-15H2,1-2H3,(H,29,32). The second-order valence-electron chi connectivity index (χ2n) is 11.6. The lowest BCUT2D eigenvalue weighted by atomic mass is 9.82. The third kappa shape index (κ3) is 5.79. The molecule has 8 heteroatoms. The summed E-state index contributed by atoms with van der Waals surface area (Å²) in [7, 11) is 1.77. The molecule has 0 bridgehead atoms. The molecule has 3 aliphatic heterocycles. The zero-order valence-electron chi connectivity index (χ0n) is 21.2. The van der Waals surface area contributed by atoms with Gasteiger partial charge in [0.1, 0.15) is 12.4 Å². The van der Waals surface area contributed by atoms with Crippen molar-refractivity contribution in [2.45, 2.75) is 114 Å². The van der Waals surface area contributed by atoms with Gasteiger partial charge in [0.2, 0.25) is 5.91 Å². The molecular weight excluding hydrogens is 430 g/mol. The molecular formula is C26H47N5O3. The minimum Gasteiger partial charge on any atom is -0.379 e. The van der Waals surface area contributed by atoms with E-state index in [2.05, 4.69) is 33.5 Å².